The smallest absolute Gasteiger partial charge is 0.341 e. The van der Waals surface area contributed by atoms with Crippen molar-refractivity contribution in [3.05, 3.63) is 48.5 Å². The Morgan fingerprint density at radius 1 is 1.18 bits per heavy atom. The fourth-order valence-electron chi connectivity index (χ4n) is 3.99. The number of aliphatic hydroxyl groups is 3. The molecule has 4 unspecified atom stereocenters. The number of carbonyl (C=O) groups is 1. The topological polar surface area (TPSA) is 224 Å². The van der Waals surface area contributed by atoms with Gasteiger partial charge in [0.05, 0.1) is 36.2 Å². The molecule has 5 rings (SSSR count). The Morgan fingerprint density at radius 2 is 1.92 bits per heavy atom. The average molecular weight is 562 g/mol. The summed E-state index contributed by atoms with van der Waals surface area (Å²) in [6.45, 7) is 1.30. The number of hydrogen-bond donors (Lipinski definition) is 5. The number of fused-ring (bicyclic) bond motifs is 1. The minimum absolute atomic E-state index is 0.0244. The van der Waals surface area contributed by atoms with Crippen molar-refractivity contribution >= 4 is 38.8 Å². The highest BCUT2D eigenvalue weighted by Crippen LogP contribution is 2.33. The van der Waals surface area contributed by atoms with E-state index in [1.165, 1.54) is 52.2 Å². The molecular weight excluding hydrogens is 538 g/mol. The molecule has 17 heteroatoms. The fourth-order valence-corrected chi connectivity index (χ4v) is 4.47. The molecule has 1 aromatic carbocycles. The number of aromatic nitrogens is 6. The Hall–Kier alpha value is -4.00. The molecule has 3 aromatic heterocycles. The van der Waals surface area contributed by atoms with E-state index in [2.05, 4.69) is 25.4 Å². The van der Waals surface area contributed by atoms with Gasteiger partial charge in [0, 0.05) is 11.9 Å². The van der Waals surface area contributed by atoms with Gasteiger partial charge in [-0.25, -0.2) is 14.5 Å². The molecule has 0 saturated carbocycles. The van der Waals surface area contributed by atoms with Gasteiger partial charge in [-0.15, -0.1) is 0 Å². The Labute approximate surface area is 220 Å². The minimum Gasteiger partial charge on any atom is -0.462 e. The predicted molar refractivity (Wildman–Crippen MR) is 131 cm³/mol. The molecule has 206 valence electrons. The summed E-state index contributed by atoms with van der Waals surface area (Å²) in [5.41, 5.74) is 0.865. The lowest BCUT2D eigenvalue weighted by atomic mass is 10.1. The van der Waals surface area contributed by atoms with Crippen molar-refractivity contribution in [2.75, 3.05) is 18.5 Å². The number of ether oxygens (including phenoxy) is 2. The number of anilines is 2. The first kappa shape index (κ1) is 26.6. The van der Waals surface area contributed by atoms with E-state index in [1.54, 1.807) is 6.92 Å². The fraction of sp³-hybridized carbons (Fsp3) is 0.318. The van der Waals surface area contributed by atoms with E-state index in [4.69, 9.17) is 9.47 Å². The van der Waals surface area contributed by atoms with Crippen molar-refractivity contribution in [3.8, 4) is 5.95 Å². The van der Waals surface area contributed by atoms with Crippen LogP contribution in [0.2, 0.25) is 0 Å². The van der Waals surface area contributed by atoms with Crippen LogP contribution in [0, 0.1) is 0 Å². The summed E-state index contributed by atoms with van der Waals surface area (Å²) in [6.07, 6.45) is -1.03. The molecule has 5 N–H and O–H groups in total. The van der Waals surface area contributed by atoms with Gasteiger partial charge in [-0.3, -0.25) is 9.12 Å². The van der Waals surface area contributed by atoms with E-state index >= 15 is 0 Å². The van der Waals surface area contributed by atoms with Gasteiger partial charge in [0.25, 0.3) is 16.1 Å². The molecule has 4 aromatic rings. The summed E-state index contributed by atoms with van der Waals surface area (Å²) in [6, 6.07) is 5.17. The minimum atomic E-state index is -4.40. The highest BCUT2D eigenvalue weighted by atomic mass is 32.2. The monoisotopic (exact) mass is 561 g/mol. The van der Waals surface area contributed by atoms with Crippen molar-refractivity contribution < 1.29 is 42.6 Å². The zero-order valence-corrected chi connectivity index (χ0v) is 21.0. The third-order valence-electron chi connectivity index (χ3n) is 5.91. The number of hydrogen-bond acceptors (Lipinski definition) is 13. The number of imidazole rings is 1. The Kier molecular flexibility index (Phi) is 7.02. The largest absolute Gasteiger partial charge is 0.462 e. The highest BCUT2D eigenvalue weighted by Gasteiger charge is 2.44. The van der Waals surface area contributed by atoms with Crippen LogP contribution in [0.1, 0.15) is 23.5 Å². The third kappa shape index (κ3) is 5.05. The van der Waals surface area contributed by atoms with Crippen molar-refractivity contribution in [1.82, 2.24) is 29.3 Å². The molecule has 39 heavy (non-hydrogen) atoms. The molecule has 0 spiro atoms. The Morgan fingerprint density at radius 3 is 2.56 bits per heavy atom. The first-order valence-corrected chi connectivity index (χ1v) is 13.0. The van der Waals surface area contributed by atoms with Gasteiger partial charge in [0.1, 0.15) is 18.3 Å². The zero-order valence-electron chi connectivity index (χ0n) is 20.2. The normalized spacial score (nSPS) is 21.4. The maximum absolute atomic E-state index is 12.1. The number of aliphatic hydroxyl groups excluding tert-OH is 3. The van der Waals surface area contributed by atoms with E-state index in [-0.39, 0.29) is 40.0 Å². The molecule has 4 atom stereocenters. The number of benzene rings is 1. The average Bonchev–Trinajstić information content (AvgIpc) is 3.62. The van der Waals surface area contributed by atoms with E-state index in [0.717, 1.165) is 0 Å². The van der Waals surface area contributed by atoms with Crippen molar-refractivity contribution in [2.24, 2.45) is 0 Å². The van der Waals surface area contributed by atoms with E-state index in [1.807, 2.05) is 0 Å². The number of esters is 1. The molecule has 16 nitrogen and oxygen atoms in total. The summed E-state index contributed by atoms with van der Waals surface area (Å²) >= 11 is 0. The standard InChI is InChI=1S/C22H23N7O9S/c1-2-37-21(33)11-7-24-29(8-11)22-26-18(25-12-3-5-13(6-4-12)39(34,35)36)15-19(27-22)28(10-23-15)20-17(32)16(31)14(9-30)38-20/h3-8,10,14,16-17,20,30-32H,2,9H2,1H3,(H,25,26,27)(H,34,35,36). The van der Waals surface area contributed by atoms with E-state index in [9.17, 15) is 33.1 Å². The maximum Gasteiger partial charge on any atom is 0.341 e. The summed E-state index contributed by atoms with van der Waals surface area (Å²) in [7, 11) is -4.40. The maximum atomic E-state index is 12.1. The molecule has 1 aliphatic heterocycles. The van der Waals surface area contributed by atoms with E-state index < -0.39 is 47.2 Å². The Balaban J connectivity index is 1.60. The number of nitrogens with one attached hydrogen (secondary N) is 1. The van der Waals surface area contributed by atoms with Crippen LogP contribution < -0.4 is 5.32 Å². The molecular formula is C22H23N7O9S. The molecule has 1 aliphatic rings. The molecule has 4 heterocycles. The van der Waals surface area contributed by atoms with Crippen LogP contribution in [-0.4, -0.2) is 95.1 Å². The molecule has 1 fully saturated rings. The molecule has 1 saturated heterocycles. The first-order valence-electron chi connectivity index (χ1n) is 11.5. The van der Waals surface area contributed by atoms with Crippen LogP contribution >= 0.6 is 0 Å². The molecule has 0 amide bonds. The summed E-state index contributed by atoms with van der Waals surface area (Å²) in [5, 5.41) is 37.4. The van der Waals surface area contributed by atoms with Gasteiger partial charge in [0.15, 0.2) is 23.2 Å². The van der Waals surface area contributed by atoms with Crippen LogP contribution in [0.5, 0.6) is 0 Å². The second kappa shape index (κ2) is 10.3. The molecule has 0 aliphatic carbocycles. The van der Waals surface area contributed by atoms with Crippen LogP contribution in [0.15, 0.2) is 47.9 Å². The van der Waals surface area contributed by atoms with Crippen LogP contribution in [-0.2, 0) is 19.6 Å². The third-order valence-corrected chi connectivity index (χ3v) is 6.78. The van der Waals surface area contributed by atoms with Crippen LogP contribution in [0.3, 0.4) is 0 Å². The van der Waals surface area contributed by atoms with Crippen LogP contribution in [0.25, 0.3) is 17.1 Å². The van der Waals surface area contributed by atoms with Gasteiger partial charge < -0.3 is 30.1 Å². The lowest BCUT2D eigenvalue weighted by Crippen LogP contribution is -2.33. The van der Waals surface area contributed by atoms with Gasteiger partial charge >= 0.3 is 5.97 Å². The first-order chi connectivity index (χ1) is 18.6. The van der Waals surface area contributed by atoms with Gasteiger partial charge in [-0.2, -0.15) is 23.5 Å². The number of nitrogens with zero attached hydrogens (tertiary/aromatic N) is 6. The quantitative estimate of drug-likeness (QED) is 0.139. The van der Waals surface area contributed by atoms with Gasteiger partial charge in [-0.1, -0.05) is 0 Å². The number of carbonyl (C=O) groups excluding carboxylic acids is 1. The highest BCUT2D eigenvalue weighted by molar-refractivity contribution is 7.85. The second-order valence-corrected chi connectivity index (χ2v) is 9.87. The number of rotatable bonds is 8. The van der Waals surface area contributed by atoms with Crippen molar-refractivity contribution in [3.63, 3.8) is 0 Å². The summed E-state index contributed by atoms with van der Waals surface area (Å²) in [5.74, 6) is -0.490. The Bertz CT molecular complexity index is 1620. The van der Waals surface area contributed by atoms with Crippen LogP contribution in [0.4, 0.5) is 11.5 Å². The lowest BCUT2D eigenvalue weighted by Gasteiger charge is -2.17. The summed E-state index contributed by atoms with van der Waals surface area (Å²) in [4.78, 5) is 25.1. The molecule has 0 bridgehead atoms. The summed E-state index contributed by atoms with van der Waals surface area (Å²) < 4.78 is 45.2. The van der Waals surface area contributed by atoms with Gasteiger partial charge in [-0.05, 0) is 31.2 Å². The van der Waals surface area contributed by atoms with Crippen molar-refractivity contribution in [2.45, 2.75) is 36.4 Å². The van der Waals surface area contributed by atoms with Crippen molar-refractivity contribution in [1.29, 1.82) is 0 Å². The molecule has 0 radical (unpaired) electrons. The predicted octanol–water partition coefficient (Wildman–Crippen LogP) is -0.210. The second-order valence-electron chi connectivity index (χ2n) is 8.44. The van der Waals surface area contributed by atoms with Gasteiger partial charge in [0.2, 0.25) is 0 Å². The SMILES string of the molecule is CCOC(=O)c1cnn(-c2nc(Nc3ccc(S(=O)(=O)O)cc3)c3ncn(C4OC(CO)C(O)C4O)c3n2)c1. The lowest BCUT2D eigenvalue weighted by molar-refractivity contribution is -0.0511. The zero-order chi connectivity index (χ0) is 27.9. The van der Waals surface area contributed by atoms with E-state index in [0.29, 0.717) is 5.69 Å².